The molecule has 1 heterocycles. The van der Waals surface area contributed by atoms with Gasteiger partial charge >= 0.3 is 0 Å². The molecular weight excluding hydrogens is 401 g/mol. The fraction of sp³-hybridized carbons (Fsp3) is 0.130. The van der Waals surface area contributed by atoms with Gasteiger partial charge in [-0.15, -0.1) is 0 Å². The molecule has 1 amide bonds. The van der Waals surface area contributed by atoms with E-state index in [9.17, 15) is 9.18 Å². The first-order valence-electron chi connectivity index (χ1n) is 9.46. The number of carbonyl (C=O) groups is 1. The molecule has 4 rings (SSSR count). The highest BCUT2D eigenvalue weighted by Crippen LogP contribution is 2.29. The van der Waals surface area contributed by atoms with Crippen molar-refractivity contribution in [2.45, 2.75) is 6.61 Å². The Kier molecular flexibility index (Phi) is 5.70. The maximum atomic E-state index is 13.7. The Bertz CT molecular complexity index is 1240. The topological polar surface area (TPSA) is 85.5 Å². The molecule has 0 saturated heterocycles. The largest absolute Gasteiger partial charge is 0.493 e. The summed E-state index contributed by atoms with van der Waals surface area (Å²) in [5.41, 5.74) is 1.54. The van der Waals surface area contributed by atoms with Gasteiger partial charge in [-0.2, -0.15) is 5.10 Å². The number of rotatable bonds is 7. The number of aromatic amines is 1. The van der Waals surface area contributed by atoms with Crippen molar-refractivity contribution in [3.8, 4) is 17.2 Å². The molecule has 3 aromatic carbocycles. The second-order valence-electron chi connectivity index (χ2n) is 6.68. The molecule has 2 N–H and O–H groups in total. The Hall–Kier alpha value is -4.07. The molecule has 7 nitrogen and oxygen atoms in total. The third-order valence-corrected chi connectivity index (χ3v) is 4.76. The van der Waals surface area contributed by atoms with Crippen molar-refractivity contribution < 1.29 is 23.4 Å². The maximum Gasteiger partial charge on any atom is 0.257 e. The monoisotopic (exact) mass is 421 g/mol. The number of anilines is 1. The van der Waals surface area contributed by atoms with Crippen molar-refractivity contribution in [2.75, 3.05) is 19.5 Å². The summed E-state index contributed by atoms with van der Waals surface area (Å²) < 4.78 is 29.9. The molecule has 0 aliphatic heterocycles. The lowest BCUT2D eigenvalue weighted by atomic mass is 10.2. The molecule has 0 aliphatic rings. The third kappa shape index (κ3) is 4.28. The van der Waals surface area contributed by atoms with Gasteiger partial charge < -0.3 is 19.5 Å². The molecule has 1 aromatic heterocycles. The summed E-state index contributed by atoms with van der Waals surface area (Å²) in [6, 6.07) is 16.6. The number of carbonyl (C=O) groups excluding carboxylic acids is 1. The number of amides is 1. The number of hydrogen-bond donors (Lipinski definition) is 2. The third-order valence-electron chi connectivity index (χ3n) is 4.76. The molecule has 158 valence electrons. The number of H-pyrrole nitrogens is 1. The van der Waals surface area contributed by atoms with E-state index in [1.54, 1.807) is 54.6 Å². The molecule has 0 spiro atoms. The number of nitrogens with zero attached hydrogens (tertiary/aromatic N) is 1. The highest BCUT2D eigenvalue weighted by molar-refractivity contribution is 6.08. The van der Waals surface area contributed by atoms with Crippen molar-refractivity contribution in [3.63, 3.8) is 0 Å². The molecule has 0 saturated carbocycles. The van der Waals surface area contributed by atoms with Crippen LogP contribution in [0.15, 0.2) is 60.7 Å². The first-order valence-corrected chi connectivity index (χ1v) is 9.46. The van der Waals surface area contributed by atoms with Crippen LogP contribution in [0, 0.1) is 5.82 Å². The lowest BCUT2D eigenvalue weighted by Crippen LogP contribution is -2.12. The normalized spacial score (nSPS) is 10.7. The molecule has 0 aliphatic carbocycles. The van der Waals surface area contributed by atoms with E-state index >= 15 is 0 Å². The van der Waals surface area contributed by atoms with Crippen LogP contribution in [0.3, 0.4) is 0 Å². The summed E-state index contributed by atoms with van der Waals surface area (Å²) in [4.78, 5) is 12.7. The predicted octanol–water partition coefficient (Wildman–Crippen LogP) is 4.55. The molecule has 0 unspecified atom stereocenters. The number of methoxy groups -OCH3 is 2. The highest BCUT2D eigenvalue weighted by Gasteiger charge is 2.14. The van der Waals surface area contributed by atoms with Crippen molar-refractivity contribution in [3.05, 3.63) is 77.6 Å². The smallest absolute Gasteiger partial charge is 0.257 e. The minimum atomic E-state index is -0.339. The van der Waals surface area contributed by atoms with Crippen molar-refractivity contribution in [1.82, 2.24) is 10.2 Å². The van der Waals surface area contributed by atoms with Crippen LogP contribution in [0.5, 0.6) is 17.2 Å². The summed E-state index contributed by atoms with van der Waals surface area (Å²) in [7, 11) is 3.04. The van der Waals surface area contributed by atoms with Gasteiger partial charge in [0.05, 0.1) is 19.7 Å². The fourth-order valence-corrected chi connectivity index (χ4v) is 3.12. The van der Waals surface area contributed by atoms with Crippen molar-refractivity contribution in [1.29, 1.82) is 0 Å². The summed E-state index contributed by atoms with van der Waals surface area (Å²) in [6.45, 7) is 0.106. The Morgan fingerprint density at radius 2 is 1.84 bits per heavy atom. The van der Waals surface area contributed by atoms with Gasteiger partial charge in [0.15, 0.2) is 17.3 Å². The molecule has 0 atom stereocenters. The quantitative estimate of drug-likeness (QED) is 0.457. The summed E-state index contributed by atoms with van der Waals surface area (Å²) in [6.07, 6.45) is 0. The van der Waals surface area contributed by atoms with Crippen LogP contribution in [0.25, 0.3) is 10.9 Å². The molecule has 0 bridgehead atoms. The average Bonchev–Trinajstić information content (AvgIpc) is 3.19. The van der Waals surface area contributed by atoms with Gasteiger partial charge in [-0.25, -0.2) is 4.39 Å². The van der Waals surface area contributed by atoms with Gasteiger partial charge in [0.25, 0.3) is 5.91 Å². The Balaban J connectivity index is 1.49. The second kappa shape index (κ2) is 8.74. The van der Waals surface area contributed by atoms with Crippen LogP contribution in [-0.4, -0.2) is 30.3 Å². The van der Waals surface area contributed by atoms with E-state index in [1.165, 1.54) is 20.3 Å². The van der Waals surface area contributed by atoms with Crippen LogP contribution < -0.4 is 19.5 Å². The van der Waals surface area contributed by atoms with E-state index in [4.69, 9.17) is 14.2 Å². The summed E-state index contributed by atoms with van der Waals surface area (Å²) in [5, 5.41) is 10.6. The first kappa shape index (κ1) is 20.2. The Labute approximate surface area is 177 Å². The average molecular weight is 421 g/mol. The summed E-state index contributed by atoms with van der Waals surface area (Å²) >= 11 is 0. The van der Waals surface area contributed by atoms with E-state index < -0.39 is 0 Å². The first-order chi connectivity index (χ1) is 15.1. The van der Waals surface area contributed by atoms with Gasteiger partial charge in [-0.1, -0.05) is 18.2 Å². The standard InChI is InChI=1S/C23H20FN3O4/c1-29-20-10-7-14(11-21(20)30-2)23(28)25-22-17-9-8-16(12-19(17)26-27-22)31-13-15-5-3-4-6-18(15)24/h3-12H,13H2,1-2H3,(H2,25,26,27,28). The second-order valence-corrected chi connectivity index (χ2v) is 6.68. The van der Waals surface area contributed by atoms with E-state index in [0.29, 0.717) is 45.1 Å². The van der Waals surface area contributed by atoms with Gasteiger partial charge in [0, 0.05) is 22.6 Å². The van der Waals surface area contributed by atoms with Gasteiger partial charge in [0.2, 0.25) is 0 Å². The molecule has 8 heteroatoms. The zero-order valence-electron chi connectivity index (χ0n) is 16.9. The van der Waals surface area contributed by atoms with Crippen LogP contribution in [0.4, 0.5) is 10.2 Å². The van der Waals surface area contributed by atoms with Crippen molar-refractivity contribution >= 4 is 22.6 Å². The van der Waals surface area contributed by atoms with Crippen LogP contribution in [0.2, 0.25) is 0 Å². The lowest BCUT2D eigenvalue weighted by Gasteiger charge is -2.09. The Morgan fingerprint density at radius 1 is 1.03 bits per heavy atom. The number of ether oxygens (including phenoxy) is 3. The predicted molar refractivity (Wildman–Crippen MR) is 114 cm³/mol. The van der Waals surface area contributed by atoms with E-state index in [-0.39, 0.29) is 18.3 Å². The van der Waals surface area contributed by atoms with Gasteiger partial charge in [-0.05, 0) is 36.4 Å². The maximum absolute atomic E-state index is 13.7. The van der Waals surface area contributed by atoms with Crippen LogP contribution >= 0.6 is 0 Å². The number of hydrogen-bond acceptors (Lipinski definition) is 5. The summed E-state index contributed by atoms with van der Waals surface area (Å²) in [5.74, 6) is 1.28. The van der Waals surface area contributed by atoms with Gasteiger partial charge in [-0.3, -0.25) is 9.89 Å². The number of aromatic nitrogens is 2. The van der Waals surface area contributed by atoms with E-state index in [1.807, 2.05) is 0 Å². The highest BCUT2D eigenvalue weighted by atomic mass is 19.1. The molecule has 0 radical (unpaired) electrons. The van der Waals surface area contributed by atoms with Crippen molar-refractivity contribution in [2.24, 2.45) is 0 Å². The Morgan fingerprint density at radius 3 is 2.61 bits per heavy atom. The van der Waals surface area contributed by atoms with Gasteiger partial charge in [0.1, 0.15) is 18.2 Å². The number of benzene rings is 3. The minimum absolute atomic E-state index is 0.106. The zero-order chi connectivity index (χ0) is 21.8. The fourth-order valence-electron chi connectivity index (χ4n) is 3.12. The van der Waals surface area contributed by atoms with Crippen LogP contribution in [0.1, 0.15) is 15.9 Å². The molecule has 4 aromatic rings. The van der Waals surface area contributed by atoms with Crippen LogP contribution in [-0.2, 0) is 6.61 Å². The van der Waals surface area contributed by atoms with E-state index in [0.717, 1.165) is 0 Å². The molecule has 31 heavy (non-hydrogen) atoms. The molecule has 0 fully saturated rings. The number of nitrogens with one attached hydrogen (secondary N) is 2. The molecular formula is C23H20FN3O4. The zero-order valence-corrected chi connectivity index (χ0v) is 16.9. The van der Waals surface area contributed by atoms with E-state index in [2.05, 4.69) is 15.5 Å². The number of halogens is 1. The lowest BCUT2D eigenvalue weighted by molar-refractivity contribution is 0.102. The number of fused-ring (bicyclic) bond motifs is 1. The minimum Gasteiger partial charge on any atom is -0.493 e. The SMILES string of the molecule is COc1ccc(C(=O)Nc2n[nH]c3cc(OCc4ccccc4F)ccc23)cc1OC.